The molecular formula is C24H23N3O4. The van der Waals surface area contributed by atoms with Crippen molar-refractivity contribution < 1.29 is 14.5 Å². The number of hydrogen-bond acceptors (Lipinski definition) is 4. The molecule has 3 aromatic carbocycles. The van der Waals surface area contributed by atoms with Crippen LogP contribution in [0.1, 0.15) is 34.3 Å². The van der Waals surface area contributed by atoms with Gasteiger partial charge in [-0.05, 0) is 24.1 Å². The summed E-state index contributed by atoms with van der Waals surface area (Å²) in [6.07, 6.45) is 0. The third kappa shape index (κ3) is 5.76. The summed E-state index contributed by atoms with van der Waals surface area (Å²) >= 11 is 0. The lowest BCUT2D eigenvalue weighted by atomic mass is 9.91. The van der Waals surface area contributed by atoms with E-state index in [-0.39, 0.29) is 23.1 Å². The van der Waals surface area contributed by atoms with Gasteiger partial charge in [0.05, 0.1) is 4.92 Å². The van der Waals surface area contributed by atoms with Crippen molar-refractivity contribution in [2.45, 2.75) is 18.9 Å². The second-order valence-corrected chi connectivity index (χ2v) is 7.12. The number of benzene rings is 3. The summed E-state index contributed by atoms with van der Waals surface area (Å²) in [5.74, 6) is -0.921. The second kappa shape index (κ2) is 10.2. The van der Waals surface area contributed by atoms with Gasteiger partial charge in [-0.15, -0.1) is 0 Å². The SMILES string of the molecule is CC(NC(=O)c1cccc([N+](=O)[O-])c1)C(=O)NCC(c1ccccc1)c1ccccc1. The average molecular weight is 417 g/mol. The van der Waals surface area contributed by atoms with E-state index >= 15 is 0 Å². The minimum absolute atomic E-state index is 0.0361. The van der Waals surface area contributed by atoms with Crippen molar-refractivity contribution in [3.63, 3.8) is 0 Å². The van der Waals surface area contributed by atoms with Gasteiger partial charge >= 0.3 is 0 Å². The molecule has 0 heterocycles. The molecule has 7 nitrogen and oxygen atoms in total. The van der Waals surface area contributed by atoms with Crippen LogP contribution >= 0.6 is 0 Å². The predicted octanol–water partition coefficient (Wildman–Crippen LogP) is 3.66. The van der Waals surface area contributed by atoms with E-state index in [2.05, 4.69) is 10.6 Å². The molecule has 1 atom stereocenters. The van der Waals surface area contributed by atoms with Gasteiger partial charge in [0.1, 0.15) is 6.04 Å². The molecule has 0 radical (unpaired) electrons. The highest BCUT2D eigenvalue weighted by atomic mass is 16.6. The van der Waals surface area contributed by atoms with Crippen LogP contribution in [0.3, 0.4) is 0 Å². The number of hydrogen-bond donors (Lipinski definition) is 2. The highest BCUT2D eigenvalue weighted by Gasteiger charge is 2.20. The third-order valence-electron chi connectivity index (χ3n) is 4.94. The molecule has 158 valence electrons. The largest absolute Gasteiger partial charge is 0.353 e. The normalized spacial score (nSPS) is 11.5. The Balaban J connectivity index is 1.65. The van der Waals surface area contributed by atoms with Crippen molar-refractivity contribution in [3.8, 4) is 0 Å². The summed E-state index contributed by atoms with van der Waals surface area (Å²) in [6.45, 7) is 1.94. The number of rotatable bonds is 8. The van der Waals surface area contributed by atoms with Crippen LogP contribution in [-0.2, 0) is 4.79 Å². The molecule has 2 amide bonds. The second-order valence-electron chi connectivity index (χ2n) is 7.12. The Hall–Kier alpha value is -4.00. The minimum atomic E-state index is -0.807. The zero-order valence-corrected chi connectivity index (χ0v) is 17.0. The summed E-state index contributed by atoms with van der Waals surface area (Å²) < 4.78 is 0. The van der Waals surface area contributed by atoms with Gasteiger partial charge in [-0.1, -0.05) is 66.7 Å². The van der Waals surface area contributed by atoms with Crippen LogP contribution in [0.15, 0.2) is 84.9 Å². The van der Waals surface area contributed by atoms with E-state index in [0.29, 0.717) is 6.54 Å². The number of carbonyl (C=O) groups excluding carboxylic acids is 2. The number of nitrogens with zero attached hydrogens (tertiary/aromatic N) is 1. The zero-order valence-electron chi connectivity index (χ0n) is 17.0. The van der Waals surface area contributed by atoms with Gasteiger partial charge in [-0.25, -0.2) is 0 Å². The summed E-state index contributed by atoms with van der Waals surface area (Å²) in [6, 6.07) is 24.3. The lowest BCUT2D eigenvalue weighted by Gasteiger charge is -2.21. The molecule has 0 saturated heterocycles. The summed E-state index contributed by atoms with van der Waals surface area (Å²) in [5, 5.41) is 16.4. The lowest BCUT2D eigenvalue weighted by molar-refractivity contribution is -0.384. The highest BCUT2D eigenvalue weighted by molar-refractivity contribution is 5.97. The maximum absolute atomic E-state index is 12.6. The fraction of sp³-hybridized carbons (Fsp3) is 0.167. The Morgan fingerprint density at radius 3 is 2.03 bits per heavy atom. The van der Waals surface area contributed by atoms with Gasteiger partial charge in [0, 0.05) is 30.2 Å². The Labute approximate surface area is 180 Å². The molecule has 1 unspecified atom stereocenters. The van der Waals surface area contributed by atoms with Gasteiger partial charge < -0.3 is 10.6 Å². The molecule has 0 bridgehead atoms. The van der Waals surface area contributed by atoms with E-state index in [0.717, 1.165) is 11.1 Å². The van der Waals surface area contributed by atoms with Crippen LogP contribution in [-0.4, -0.2) is 29.3 Å². The van der Waals surface area contributed by atoms with Crippen LogP contribution in [0.2, 0.25) is 0 Å². The first-order chi connectivity index (χ1) is 15.0. The molecule has 31 heavy (non-hydrogen) atoms. The molecule has 0 aliphatic rings. The monoisotopic (exact) mass is 417 g/mol. The summed E-state index contributed by atoms with van der Waals surface area (Å²) in [7, 11) is 0. The Kier molecular flexibility index (Phi) is 7.11. The molecule has 0 fully saturated rings. The van der Waals surface area contributed by atoms with Crippen LogP contribution < -0.4 is 10.6 Å². The van der Waals surface area contributed by atoms with Crippen LogP contribution in [0.25, 0.3) is 0 Å². The number of amides is 2. The van der Waals surface area contributed by atoms with Gasteiger partial charge in [-0.2, -0.15) is 0 Å². The van der Waals surface area contributed by atoms with Gasteiger partial charge in [0.15, 0.2) is 0 Å². The topological polar surface area (TPSA) is 101 Å². The summed E-state index contributed by atoms with van der Waals surface area (Å²) in [4.78, 5) is 35.3. The molecular weight excluding hydrogens is 394 g/mol. The maximum atomic E-state index is 12.6. The Bertz CT molecular complexity index is 1020. The van der Waals surface area contributed by atoms with E-state index in [1.165, 1.54) is 24.3 Å². The predicted molar refractivity (Wildman–Crippen MR) is 118 cm³/mol. The third-order valence-corrected chi connectivity index (χ3v) is 4.94. The number of nitrogens with one attached hydrogen (secondary N) is 2. The first-order valence-corrected chi connectivity index (χ1v) is 9.88. The first kappa shape index (κ1) is 21.7. The van der Waals surface area contributed by atoms with Gasteiger partial charge in [0.2, 0.25) is 5.91 Å². The molecule has 0 aliphatic heterocycles. The van der Waals surface area contributed by atoms with Crippen molar-refractivity contribution in [2.24, 2.45) is 0 Å². The highest BCUT2D eigenvalue weighted by Crippen LogP contribution is 2.23. The zero-order chi connectivity index (χ0) is 22.2. The fourth-order valence-corrected chi connectivity index (χ4v) is 3.26. The maximum Gasteiger partial charge on any atom is 0.270 e. The van der Waals surface area contributed by atoms with Gasteiger partial charge in [0.25, 0.3) is 11.6 Å². The van der Waals surface area contributed by atoms with Crippen LogP contribution in [0, 0.1) is 10.1 Å². The average Bonchev–Trinajstić information content (AvgIpc) is 2.80. The number of carbonyl (C=O) groups is 2. The van der Waals surface area contributed by atoms with E-state index in [1.54, 1.807) is 6.92 Å². The first-order valence-electron chi connectivity index (χ1n) is 9.88. The van der Waals surface area contributed by atoms with Crippen LogP contribution in [0.4, 0.5) is 5.69 Å². The number of nitro benzene ring substituents is 1. The minimum Gasteiger partial charge on any atom is -0.353 e. The smallest absolute Gasteiger partial charge is 0.270 e. The molecule has 3 aromatic rings. The molecule has 0 saturated carbocycles. The van der Waals surface area contributed by atoms with Gasteiger partial charge in [-0.3, -0.25) is 19.7 Å². The Morgan fingerprint density at radius 1 is 0.903 bits per heavy atom. The lowest BCUT2D eigenvalue weighted by Crippen LogP contribution is -2.45. The molecule has 0 aromatic heterocycles. The van der Waals surface area contributed by atoms with Crippen molar-refractivity contribution >= 4 is 17.5 Å². The van der Waals surface area contributed by atoms with E-state index < -0.39 is 16.9 Å². The van der Waals surface area contributed by atoms with Crippen molar-refractivity contribution in [1.29, 1.82) is 0 Å². The van der Waals surface area contributed by atoms with Crippen LogP contribution in [0.5, 0.6) is 0 Å². The summed E-state index contributed by atoms with van der Waals surface area (Å²) in [5.41, 5.74) is 2.09. The fourth-order valence-electron chi connectivity index (χ4n) is 3.26. The molecule has 0 spiro atoms. The van der Waals surface area contributed by atoms with Crippen molar-refractivity contribution in [1.82, 2.24) is 10.6 Å². The molecule has 3 rings (SSSR count). The van der Waals surface area contributed by atoms with E-state index in [1.807, 2.05) is 60.7 Å². The molecule has 0 aliphatic carbocycles. The number of nitro groups is 1. The molecule has 2 N–H and O–H groups in total. The van der Waals surface area contributed by atoms with E-state index in [4.69, 9.17) is 0 Å². The van der Waals surface area contributed by atoms with Crippen molar-refractivity contribution in [2.75, 3.05) is 6.54 Å². The number of non-ortho nitro benzene ring substituents is 1. The standard InChI is InChI=1S/C24H23N3O4/c1-17(26-24(29)20-13-8-14-21(15-20)27(30)31)23(28)25-16-22(18-9-4-2-5-10-18)19-11-6-3-7-12-19/h2-15,17,22H,16H2,1H3,(H,25,28)(H,26,29). The quantitative estimate of drug-likeness (QED) is 0.431. The molecule has 7 heteroatoms. The Morgan fingerprint density at radius 2 is 1.48 bits per heavy atom. The van der Waals surface area contributed by atoms with Crippen molar-refractivity contribution in [3.05, 3.63) is 112 Å². The van der Waals surface area contributed by atoms with E-state index in [9.17, 15) is 19.7 Å².